The third-order valence-corrected chi connectivity index (χ3v) is 7.36. The maximum atomic E-state index is 14.4. The van der Waals surface area contributed by atoms with E-state index in [1.165, 1.54) is 12.0 Å². The number of ether oxygens (including phenoxy) is 2. The fraction of sp³-hybridized carbons (Fsp3) is 0.393. The second-order valence-corrected chi connectivity index (χ2v) is 9.38. The van der Waals surface area contributed by atoms with E-state index in [-0.39, 0.29) is 17.9 Å². The van der Waals surface area contributed by atoms with E-state index >= 15 is 0 Å². The van der Waals surface area contributed by atoms with Gasteiger partial charge < -0.3 is 24.4 Å². The summed E-state index contributed by atoms with van der Waals surface area (Å²) >= 11 is 0. The number of hydrogen-bond acceptors (Lipinski definition) is 7. The number of Topliss-reactive ketones (excluding diaryl/α,β-unsaturated/α-hetero) is 1. The molecule has 0 bridgehead atoms. The summed E-state index contributed by atoms with van der Waals surface area (Å²) in [5, 5.41) is 11.5. The Morgan fingerprint density at radius 2 is 1.70 bits per heavy atom. The molecule has 2 saturated heterocycles. The zero-order chi connectivity index (χ0) is 26.2. The van der Waals surface area contributed by atoms with E-state index in [4.69, 9.17) is 9.47 Å². The summed E-state index contributed by atoms with van der Waals surface area (Å²) in [6.45, 7) is 5.61. The predicted molar refractivity (Wildman–Crippen MR) is 137 cm³/mol. The first-order valence-corrected chi connectivity index (χ1v) is 12.6. The molecule has 0 aliphatic carbocycles. The Kier molecular flexibility index (Phi) is 6.74. The Bertz CT molecular complexity index is 1250. The second kappa shape index (κ2) is 9.99. The standard InChI is InChI=1S/C28H31N3O6/c1-3-12-30-22-7-5-4-6-21(22)28(27(30)35)23(24(32)19-8-10-20(36-2)11-9-19)25(33)26(34)31(28)14-13-29-15-17-37-18-16-29/h4-11,32H,3,12-18H2,1-2H3/t28-/m1/s1. The topological polar surface area (TPSA) is 99.6 Å². The number of hydrogen-bond donors (Lipinski definition) is 1. The highest BCUT2D eigenvalue weighted by Crippen LogP contribution is 2.53. The van der Waals surface area contributed by atoms with Crippen LogP contribution in [0.15, 0.2) is 54.1 Å². The summed E-state index contributed by atoms with van der Waals surface area (Å²) in [5.74, 6) is -1.85. The number of morpholine rings is 1. The molecule has 2 aromatic rings. The molecule has 0 aromatic heterocycles. The SMILES string of the molecule is CCCN1C(=O)[C@]2(C(=C(O)c3ccc(OC)cc3)C(=O)C(=O)N2CCN2CCOCC2)c2ccccc21. The largest absolute Gasteiger partial charge is 0.507 e. The summed E-state index contributed by atoms with van der Waals surface area (Å²) in [6, 6.07) is 13.8. The van der Waals surface area contributed by atoms with Crippen molar-refractivity contribution in [2.75, 3.05) is 57.9 Å². The van der Waals surface area contributed by atoms with Crippen LogP contribution in [0, 0.1) is 0 Å². The molecule has 1 N–H and O–H groups in total. The first-order chi connectivity index (χ1) is 17.9. The number of aliphatic hydroxyl groups is 1. The van der Waals surface area contributed by atoms with Crippen molar-refractivity contribution < 1.29 is 29.0 Å². The first kappa shape index (κ1) is 25.0. The number of amides is 2. The minimum Gasteiger partial charge on any atom is -0.507 e. The van der Waals surface area contributed by atoms with Gasteiger partial charge in [-0.2, -0.15) is 0 Å². The van der Waals surface area contributed by atoms with Gasteiger partial charge in [-0.05, 0) is 36.8 Å². The molecule has 0 saturated carbocycles. The maximum Gasteiger partial charge on any atom is 0.296 e. The van der Waals surface area contributed by atoms with Crippen LogP contribution in [0.5, 0.6) is 5.75 Å². The van der Waals surface area contributed by atoms with Gasteiger partial charge in [0.25, 0.3) is 17.6 Å². The van der Waals surface area contributed by atoms with Crippen LogP contribution in [0.1, 0.15) is 24.5 Å². The van der Waals surface area contributed by atoms with Gasteiger partial charge in [-0.15, -0.1) is 0 Å². The van der Waals surface area contributed by atoms with Crippen LogP contribution in [-0.2, 0) is 24.7 Å². The van der Waals surface area contributed by atoms with Crippen molar-refractivity contribution >= 4 is 29.0 Å². The van der Waals surface area contributed by atoms with Gasteiger partial charge in [0, 0.05) is 43.9 Å². The molecular weight excluding hydrogens is 474 g/mol. The number of rotatable bonds is 7. The number of para-hydroxylation sites is 1. The lowest BCUT2D eigenvalue weighted by Crippen LogP contribution is -2.54. The van der Waals surface area contributed by atoms with Crippen LogP contribution in [0.4, 0.5) is 5.69 Å². The van der Waals surface area contributed by atoms with Crippen molar-refractivity contribution in [3.05, 3.63) is 65.2 Å². The molecule has 9 heteroatoms. The number of carbonyl (C=O) groups excluding carboxylic acids is 3. The fourth-order valence-corrected chi connectivity index (χ4v) is 5.57. The van der Waals surface area contributed by atoms with Crippen LogP contribution in [0.3, 0.4) is 0 Å². The minimum atomic E-state index is -1.74. The van der Waals surface area contributed by atoms with E-state index in [1.807, 2.05) is 19.1 Å². The fourth-order valence-electron chi connectivity index (χ4n) is 5.57. The number of benzene rings is 2. The van der Waals surface area contributed by atoms with E-state index < -0.39 is 23.1 Å². The summed E-state index contributed by atoms with van der Waals surface area (Å²) in [6.07, 6.45) is 0.690. The van der Waals surface area contributed by atoms with Gasteiger partial charge >= 0.3 is 0 Å². The smallest absolute Gasteiger partial charge is 0.296 e. The van der Waals surface area contributed by atoms with Gasteiger partial charge in [0.15, 0.2) is 5.54 Å². The Morgan fingerprint density at radius 1 is 1.00 bits per heavy atom. The monoisotopic (exact) mass is 505 g/mol. The van der Waals surface area contributed by atoms with Crippen LogP contribution in [-0.4, -0.2) is 85.6 Å². The molecule has 5 rings (SSSR count). The third kappa shape index (κ3) is 3.89. The van der Waals surface area contributed by atoms with Gasteiger partial charge in [0.2, 0.25) is 0 Å². The van der Waals surface area contributed by atoms with E-state index in [9.17, 15) is 19.5 Å². The van der Waals surface area contributed by atoms with E-state index in [0.717, 1.165) is 0 Å². The van der Waals surface area contributed by atoms with E-state index in [1.54, 1.807) is 41.3 Å². The molecule has 1 atom stereocenters. The van der Waals surface area contributed by atoms with Crippen molar-refractivity contribution in [1.29, 1.82) is 0 Å². The van der Waals surface area contributed by atoms with Gasteiger partial charge in [-0.3, -0.25) is 19.3 Å². The molecule has 0 unspecified atom stereocenters. The van der Waals surface area contributed by atoms with E-state index in [2.05, 4.69) is 4.90 Å². The highest BCUT2D eigenvalue weighted by atomic mass is 16.5. The summed E-state index contributed by atoms with van der Waals surface area (Å²) in [5.41, 5.74) is -0.430. The number of aliphatic hydroxyl groups excluding tert-OH is 1. The van der Waals surface area contributed by atoms with Crippen molar-refractivity contribution in [1.82, 2.24) is 9.80 Å². The average Bonchev–Trinajstić information content (AvgIpc) is 3.31. The number of nitrogens with zero attached hydrogens (tertiary/aromatic N) is 3. The van der Waals surface area contributed by atoms with Gasteiger partial charge in [-0.25, -0.2) is 0 Å². The van der Waals surface area contributed by atoms with Gasteiger partial charge in [0.05, 0.1) is 31.6 Å². The van der Waals surface area contributed by atoms with Crippen molar-refractivity contribution in [3.63, 3.8) is 0 Å². The highest BCUT2D eigenvalue weighted by molar-refractivity contribution is 6.50. The molecule has 0 radical (unpaired) electrons. The Balaban J connectivity index is 1.69. The number of likely N-dealkylation sites (tertiary alicyclic amines) is 1. The molecule has 2 aromatic carbocycles. The molecule has 37 heavy (non-hydrogen) atoms. The van der Waals surface area contributed by atoms with Crippen molar-refractivity contribution in [3.8, 4) is 5.75 Å². The molecule has 2 amide bonds. The highest BCUT2D eigenvalue weighted by Gasteiger charge is 2.66. The predicted octanol–water partition coefficient (Wildman–Crippen LogP) is 2.36. The molecule has 1 spiro atoms. The van der Waals surface area contributed by atoms with Gasteiger partial charge in [0.1, 0.15) is 11.5 Å². The normalized spacial score (nSPS) is 23.2. The Morgan fingerprint density at radius 3 is 2.38 bits per heavy atom. The van der Waals surface area contributed by atoms with Crippen LogP contribution in [0.2, 0.25) is 0 Å². The third-order valence-electron chi connectivity index (χ3n) is 7.36. The Hall–Kier alpha value is -3.69. The lowest BCUT2D eigenvalue weighted by atomic mass is 9.82. The van der Waals surface area contributed by atoms with Crippen LogP contribution >= 0.6 is 0 Å². The second-order valence-electron chi connectivity index (χ2n) is 9.38. The minimum absolute atomic E-state index is 0.157. The molecule has 2 fully saturated rings. The zero-order valence-corrected chi connectivity index (χ0v) is 21.1. The van der Waals surface area contributed by atoms with Crippen molar-refractivity contribution in [2.24, 2.45) is 0 Å². The zero-order valence-electron chi connectivity index (χ0n) is 21.1. The van der Waals surface area contributed by atoms with E-state index in [0.29, 0.717) is 68.4 Å². The summed E-state index contributed by atoms with van der Waals surface area (Å²) < 4.78 is 10.7. The first-order valence-electron chi connectivity index (χ1n) is 12.6. The lowest BCUT2D eigenvalue weighted by Gasteiger charge is -2.36. The van der Waals surface area contributed by atoms with Gasteiger partial charge in [-0.1, -0.05) is 25.1 Å². The Labute approximate surface area is 215 Å². The molecule has 3 aliphatic rings. The number of ketones is 1. The molecule has 3 aliphatic heterocycles. The molecular formula is C28H31N3O6. The number of fused-ring (bicyclic) bond motifs is 2. The van der Waals surface area contributed by atoms with Crippen LogP contribution < -0.4 is 9.64 Å². The number of anilines is 1. The van der Waals surface area contributed by atoms with Crippen LogP contribution in [0.25, 0.3) is 5.76 Å². The summed E-state index contributed by atoms with van der Waals surface area (Å²) in [4.78, 5) is 46.8. The lowest BCUT2D eigenvalue weighted by molar-refractivity contribution is -0.144. The number of carbonyl (C=O) groups is 3. The quantitative estimate of drug-likeness (QED) is 0.350. The summed E-state index contributed by atoms with van der Waals surface area (Å²) in [7, 11) is 1.53. The number of methoxy groups -OCH3 is 1. The average molecular weight is 506 g/mol. The molecule has 194 valence electrons. The molecule has 9 nitrogen and oxygen atoms in total. The van der Waals surface area contributed by atoms with Crippen molar-refractivity contribution in [2.45, 2.75) is 18.9 Å². The molecule has 3 heterocycles. The maximum absolute atomic E-state index is 14.4.